The molecule has 0 saturated heterocycles. The van der Waals surface area contributed by atoms with Crippen LogP contribution < -0.4 is 0 Å². The predicted octanol–water partition coefficient (Wildman–Crippen LogP) is 4.37. The standard InChI is InChI=1S/C25H22N2O5/c1-17(28)32-24(19-10-3-2-4-11-19)25(29)26-16-15-18-9-5-6-12-20(18)23(26)21-13-7-8-14-22(21)27(30)31/h2-14,23-24H,15-16H2,1H3/t23-,24-/m1/s1. The minimum absolute atomic E-state index is 0.0595. The number of hydrogen-bond acceptors (Lipinski definition) is 5. The lowest BCUT2D eigenvalue weighted by Crippen LogP contribution is -2.44. The van der Waals surface area contributed by atoms with E-state index in [1.165, 1.54) is 13.0 Å². The van der Waals surface area contributed by atoms with Gasteiger partial charge in [-0.2, -0.15) is 0 Å². The van der Waals surface area contributed by atoms with Crippen LogP contribution in [0.15, 0.2) is 78.9 Å². The van der Waals surface area contributed by atoms with E-state index in [2.05, 4.69) is 0 Å². The SMILES string of the molecule is CC(=O)O[C@@H](C(=O)N1CCc2ccccc2[C@@H]1c1ccccc1[N+](=O)[O-])c1ccccc1. The van der Waals surface area contributed by atoms with Gasteiger partial charge in [-0.15, -0.1) is 0 Å². The second kappa shape index (κ2) is 9.01. The molecule has 1 aliphatic rings. The molecule has 0 radical (unpaired) electrons. The van der Waals surface area contributed by atoms with Crippen molar-refractivity contribution in [1.82, 2.24) is 4.90 Å². The molecule has 0 spiro atoms. The Labute approximate surface area is 185 Å². The van der Waals surface area contributed by atoms with Crippen molar-refractivity contribution in [2.75, 3.05) is 6.54 Å². The molecular formula is C25H22N2O5. The largest absolute Gasteiger partial charge is 0.447 e. The molecule has 1 aliphatic heterocycles. The molecule has 1 amide bonds. The summed E-state index contributed by atoms with van der Waals surface area (Å²) < 4.78 is 5.44. The Morgan fingerprint density at radius 3 is 2.28 bits per heavy atom. The Morgan fingerprint density at radius 1 is 0.969 bits per heavy atom. The summed E-state index contributed by atoms with van der Waals surface area (Å²) in [7, 11) is 0. The van der Waals surface area contributed by atoms with Crippen LogP contribution in [0.25, 0.3) is 0 Å². The maximum Gasteiger partial charge on any atom is 0.303 e. The van der Waals surface area contributed by atoms with Gasteiger partial charge in [-0.3, -0.25) is 19.7 Å². The van der Waals surface area contributed by atoms with E-state index in [9.17, 15) is 19.7 Å². The molecule has 32 heavy (non-hydrogen) atoms. The minimum Gasteiger partial charge on any atom is -0.447 e. The summed E-state index contributed by atoms with van der Waals surface area (Å²) in [6, 6.07) is 22.2. The summed E-state index contributed by atoms with van der Waals surface area (Å²) in [5.41, 5.74) is 2.77. The Balaban J connectivity index is 1.84. The van der Waals surface area contributed by atoms with E-state index in [-0.39, 0.29) is 5.69 Å². The van der Waals surface area contributed by atoms with E-state index >= 15 is 0 Å². The molecular weight excluding hydrogens is 408 g/mol. The Hall–Kier alpha value is -4.00. The smallest absolute Gasteiger partial charge is 0.303 e. The zero-order valence-corrected chi connectivity index (χ0v) is 17.5. The number of ether oxygens (including phenoxy) is 1. The molecule has 162 valence electrons. The second-order valence-electron chi connectivity index (χ2n) is 7.60. The first-order valence-corrected chi connectivity index (χ1v) is 10.3. The average Bonchev–Trinajstić information content (AvgIpc) is 2.81. The van der Waals surface area contributed by atoms with Crippen molar-refractivity contribution in [3.05, 3.63) is 111 Å². The van der Waals surface area contributed by atoms with Crippen LogP contribution in [0.5, 0.6) is 0 Å². The van der Waals surface area contributed by atoms with Crippen LogP contribution in [0.4, 0.5) is 5.69 Å². The van der Waals surface area contributed by atoms with E-state index in [0.29, 0.717) is 24.1 Å². The van der Waals surface area contributed by atoms with E-state index in [1.54, 1.807) is 47.4 Å². The number of carbonyl (C=O) groups is 2. The van der Waals surface area contributed by atoms with E-state index in [1.807, 2.05) is 30.3 Å². The molecule has 4 rings (SSSR count). The number of benzene rings is 3. The van der Waals surface area contributed by atoms with Gasteiger partial charge in [0.05, 0.1) is 16.5 Å². The molecule has 0 fully saturated rings. The Morgan fingerprint density at radius 2 is 1.59 bits per heavy atom. The van der Waals surface area contributed by atoms with Crippen LogP contribution in [0, 0.1) is 10.1 Å². The van der Waals surface area contributed by atoms with Gasteiger partial charge in [0.2, 0.25) is 6.10 Å². The van der Waals surface area contributed by atoms with Crippen molar-refractivity contribution in [3.63, 3.8) is 0 Å². The molecule has 0 saturated carbocycles. The van der Waals surface area contributed by atoms with Crippen LogP contribution in [0.1, 0.15) is 41.3 Å². The average molecular weight is 430 g/mol. The summed E-state index contributed by atoms with van der Waals surface area (Å²) >= 11 is 0. The highest BCUT2D eigenvalue weighted by Crippen LogP contribution is 2.40. The van der Waals surface area contributed by atoms with Crippen molar-refractivity contribution in [1.29, 1.82) is 0 Å². The zero-order valence-electron chi connectivity index (χ0n) is 17.5. The lowest BCUT2D eigenvalue weighted by molar-refractivity contribution is -0.385. The third kappa shape index (κ3) is 4.09. The highest BCUT2D eigenvalue weighted by Gasteiger charge is 2.39. The third-order valence-corrected chi connectivity index (χ3v) is 5.60. The van der Waals surface area contributed by atoms with Gasteiger partial charge in [-0.1, -0.05) is 66.7 Å². The summed E-state index contributed by atoms with van der Waals surface area (Å²) in [5, 5.41) is 11.8. The fourth-order valence-corrected chi connectivity index (χ4v) is 4.23. The van der Waals surface area contributed by atoms with E-state index in [4.69, 9.17) is 4.74 Å². The fraction of sp³-hybridized carbons (Fsp3) is 0.200. The number of rotatable bonds is 5. The van der Waals surface area contributed by atoms with Crippen LogP contribution in [-0.4, -0.2) is 28.2 Å². The van der Waals surface area contributed by atoms with Gasteiger partial charge in [0.1, 0.15) is 0 Å². The van der Waals surface area contributed by atoms with Crippen molar-refractivity contribution in [2.45, 2.75) is 25.5 Å². The molecule has 0 bridgehead atoms. The van der Waals surface area contributed by atoms with Crippen molar-refractivity contribution in [3.8, 4) is 0 Å². The number of nitro groups is 1. The molecule has 7 heteroatoms. The number of nitro benzene ring substituents is 1. The van der Waals surface area contributed by atoms with Crippen molar-refractivity contribution in [2.24, 2.45) is 0 Å². The molecule has 3 aromatic carbocycles. The normalized spacial score (nSPS) is 16.0. The highest BCUT2D eigenvalue weighted by atomic mass is 16.6. The molecule has 3 aromatic rings. The zero-order chi connectivity index (χ0) is 22.7. The minimum atomic E-state index is -1.13. The van der Waals surface area contributed by atoms with Crippen LogP contribution >= 0.6 is 0 Å². The predicted molar refractivity (Wildman–Crippen MR) is 118 cm³/mol. The van der Waals surface area contributed by atoms with Crippen LogP contribution in [0.2, 0.25) is 0 Å². The first-order chi connectivity index (χ1) is 15.5. The van der Waals surface area contributed by atoms with Crippen molar-refractivity contribution < 1.29 is 19.2 Å². The number of amides is 1. The fourth-order valence-electron chi connectivity index (χ4n) is 4.23. The van der Waals surface area contributed by atoms with Gasteiger partial charge in [0, 0.05) is 25.1 Å². The van der Waals surface area contributed by atoms with Gasteiger partial charge in [-0.25, -0.2) is 0 Å². The topological polar surface area (TPSA) is 89.8 Å². The van der Waals surface area contributed by atoms with E-state index < -0.39 is 28.9 Å². The number of carbonyl (C=O) groups excluding carboxylic acids is 2. The van der Waals surface area contributed by atoms with Crippen LogP contribution in [0.3, 0.4) is 0 Å². The number of esters is 1. The summed E-state index contributed by atoms with van der Waals surface area (Å²) in [5.74, 6) is -0.990. The monoisotopic (exact) mass is 430 g/mol. The van der Waals surface area contributed by atoms with Gasteiger partial charge in [0.25, 0.3) is 11.6 Å². The maximum absolute atomic E-state index is 13.8. The first kappa shape index (κ1) is 21.2. The molecule has 0 aromatic heterocycles. The number of fused-ring (bicyclic) bond motifs is 1. The quantitative estimate of drug-likeness (QED) is 0.341. The van der Waals surface area contributed by atoms with E-state index in [0.717, 1.165) is 11.1 Å². The molecule has 1 heterocycles. The van der Waals surface area contributed by atoms with Gasteiger partial charge < -0.3 is 9.64 Å². The van der Waals surface area contributed by atoms with Crippen LogP contribution in [-0.2, 0) is 20.7 Å². The van der Waals surface area contributed by atoms with Gasteiger partial charge in [0.15, 0.2) is 0 Å². The molecule has 0 N–H and O–H groups in total. The van der Waals surface area contributed by atoms with Crippen molar-refractivity contribution >= 4 is 17.6 Å². The lowest BCUT2D eigenvalue weighted by atomic mass is 9.87. The number of para-hydroxylation sites is 1. The Bertz CT molecular complexity index is 1160. The lowest BCUT2D eigenvalue weighted by Gasteiger charge is -2.39. The number of hydrogen-bond donors (Lipinski definition) is 0. The third-order valence-electron chi connectivity index (χ3n) is 5.60. The number of nitrogens with zero attached hydrogens (tertiary/aromatic N) is 2. The molecule has 2 atom stereocenters. The first-order valence-electron chi connectivity index (χ1n) is 10.3. The summed E-state index contributed by atoms with van der Waals surface area (Å²) in [6.45, 7) is 1.60. The summed E-state index contributed by atoms with van der Waals surface area (Å²) in [4.78, 5) is 38.6. The highest BCUT2D eigenvalue weighted by molar-refractivity contribution is 5.86. The Kier molecular flexibility index (Phi) is 5.98. The van der Waals surface area contributed by atoms with Gasteiger partial charge >= 0.3 is 5.97 Å². The van der Waals surface area contributed by atoms with Gasteiger partial charge in [-0.05, 0) is 23.6 Å². The molecule has 0 aliphatic carbocycles. The second-order valence-corrected chi connectivity index (χ2v) is 7.60. The maximum atomic E-state index is 13.8. The summed E-state index contributed by atoms with van der Waals surface area (Å²) in [6.07, 6.45) is -0.537. The molecule has 7 nitrogen and oxygen atoms in total. The molecule has 0 unspecified atom stereocenters.